The van der Waals surface area contributed by atoms with Gasteiger partial charge in [0.25, 0.3) is 0 Å². The van der Waals surface area contributed by atoms with Crippen LogP contribution in [-0.2, 0) is 0 Å². The molecule has 2 N–H and O–H groups in total. The number of aliphatic hydroxyl groups excluding tert-OH is 1. The van der Waals surface area contributed by atoms with Crippen LogP contribution in [0.1, 0.15) is 57.6 Å². The Balaban J connectivity index is 2.14. The summed E-state index contributed by atoms with van der Waals surface area (Å²) < 4.78 is 19.5. The average molecular weight is 295 g/mol. The Bertz CT molecular complexity index is 452. The molecule has 1 aliphatic carbocycles. The van der Waals surface area contributed by atoms with Crippen molar-refractivity contribution in [2.75, 3.05) is 6.54 Å². The number of rotatable bonds is 6. The number of ether oxygens (including phenoxy) is 1. The molecular weight excluding hydrogens is 269 g/mol. The first-order chi connectivity index (χ1) is 10.1. The highest BCUT2D eigenvalue weighted by Crippen LogP contribution is 2.30. The Labute approximate surface area is 126 Å². The fourth-order valence-electron chi connectivity index (χ4n) is 2.82. The number of nitrogens with one attached hydrogen (secondary N) is 1. The molecule has 118 valence electrons. The van der Waals surface area contributed by atoms with Crippen LogP contribution in [0.25, 0.3) is 0 Å². The molecule has 0 amide bonds. The number of hydrogen-bond donors (Lipinski definition) is 2. The van der Waals surface area contributed by atoms with Gasteiger partial charge in [-0.3, -0.25) is 0 Å². The van der Waals surface area contributed by atoms with Gasteiger partial charge in [0.1, 0.15) is 17.7 Å². The normalized spacial score (nSPS) is 23.8. The van der Waals surface area contributed by atoms with Crippen LogP contribution in [-0.4, -0.2) is 23.9 Å². The van der Waals surface area contributed by atoms with Crippen LogP contribution < -0.4 is 10.1 Å². The lowest BCUT2D eigenvalue weighted by molar-refractivity contribution is 0.00603. The molecule has 3 atom stereocenters. The Hall–Kier alpha value is -1.13. The van der Waals surface area contributed by atoms with E-state index >= 15 is 0 Å². The van der Waals surface area contributed by atoms with E-state index in [1.54, 1.807) is 6.07 Å². The summed E-state index contributed by atoms with van der Waals surface area (Å²) in [6.45, 7) is 5.07. The number of hydrogen-bond acceptors (Lipinski definition) is 3. The Morgan fingerprint density at radius 2 is 2.14 bits per heavy atom. The van der Waals surface area contributed by atoms with Gasteiger partial charge in [0.15, 0.2) is 0 Å². The molecule has 1 fully saturated rings. The van der Waals surface area contributed by atoms with Gasteiger partial charge in [-0.2, -0.15) is 0 Å². The van der Waals surface area contributed by atoms with Crippen molar-refractivity contribution in [1.29, 1.82) is 0 Å². The molecule has 4 heteroatoms. The summed E-state index contributed by atoms with van der Waals surface area (Å²) in [4.78, 5) is 0. The third kappa shape index (κ3) is 4.42. The van der Waals surface area contributed by atoms with Crippen LogP contribution in [0.3, 0.4) is 0 Å². The van der Waals surface area contributed by atoms with Gasteiger partial charge < -0.3 is 15.2 Å². The van der Waals surface area contributed by atoms with Crippen LogP contribution in [0.2, 0.25) is 0 Å². The molecule has 0 radical (unpaired) electrons. The first kappa shape index (κ1) is 16.2. The maximum absolute atomic E-state index is 13.6. The largest absolute Gasteiger partial charge is 0.487 e. The summed E-state index contributed by atoms with van der Waals surface area (Å²) in [6.07, 6.45) is 4.05. The highest BCUT2D eigenvalue weighted by Gasteiger charge is 2.26. The first-order valence-corrected chi connectivity index (χ1v) is 7.99. The van der Waals surface area contributed by atoms with Crippen molar-refractivity contribution in [2.24, 2.45) is 0 Å². The molecular formula is C17H26FNO2. The third-order valence-electron chi connectivity index (χ3n) is 4.09. The van der Waals surface area contributed by atoms with E-state index in [9.17, 15) is 9.50 Å². The van der Waals surface area contributed by atoms with Crippen molar-refractivity contribution in [1.82, 2.24) is 5.32 Å². The van der Waals surface area contributed by atoms with Crippen LogP contribution in [0.4, 0.5) is 4.39 Å². The van der Waals surface area contributed by atoms with Crippen molar-refractivity contribution in [3.63, 3.8) is 0 Å². The molecule has 1 aromatic carbocycles. The van der Waals surface area contributed by atoms with Gasteiger partial charge in [-0.1, -0.05) is 19.4 Å². The Kier molecular flexibility index (Phi) is 6.00. The fourth-order valence-corrected chi connectivity index (χ4v) is 2.82. The quantitative estimate of drug-likeness (QED) is 0.843. The maximum Gasteiger partial charge on any atom is 0.127 e. The molecule has 0 spiro atoms. The Morgan fingerprint density at radius 3 is 2.86 bits per heavy atom. The summed E-state index contributed by atoms with van der Waals surface area (Å²) in [7, 11) is 0. The molecule has 1 aromatic rings. The van der Waals surface area contributed by atoms with Gasteiger partial charge in [0.05, 0.1) is 6.10 Å². The SMILES string of the molecule is CCCNC(C)c1ccc(F)cc1OC1CCCCC1O. The van der Waals surface area contributed by atoms with Gasteiger partial charge in [-0.05, 0) is 45.2 Å². The minimum absolute atomic E-state index is 0.0984. The molecule has 3 unspecified atom stereocenters. The highest BCUT2D eigenvalue weighted by molar-refractivity contribution is 5.36. The zero-order valence-corrected chi connectivity index (χ0v) is 12.9. The lowest BCUT2D eigenvalue weighted by Crippen LogP contribution is -2.35. The van der Waals surface area contributed by atoms with Crippen molar-refractivity contribution >= 4 is 0 Å². The van der Waals surface area contributed by atoms with E-state index in [1.807, 2.05) is 6.92 Å². The van der Waals surface area contributed by atoms with Crippen molar-refractivity contribution in [3.8, 4) is 5.75 Å². The molecule has 0 bridgehead atoms. The second-order valence-corrected chi connectivity index (χ2v) is 5.87. The third-order valence-corrected chi connectivity index (χ3v) is 4.09. The Morgan fingerprint density at radius 1 is 1.38 bits per heavy atom. The standard InChI is InChI=1S/C17H26FNO2/c1-3-10-19-12(2)14-9-8-13(18)11-17(14)21-16-7-5-4-6-15(16)20/h8-9,11-12,15-16,19-20H,3-7,10H2,1-2H3. The molecule has 0 saturated heterocycles. The molecule has 2 rings (SSSR count). The minimum Gasteiger partial charge on any atom is -0.487 e. The van der Waals surface area contributed by atoms with E-state index in [4.69, 9.17) is 4.74 Å². The molecule has 1 saturated carbocycles. The molecule has 21 heavy (non-hydrogen) atoms. The van der Waals surface area contributed by atoms with E-state index in [1.165, 1.54) is 12.1 Å². The van der Waals surface area contributed by atoms with Crippen LogP contribution in [0, 0.1) is 5.82 Å². The van der Waals surface area contributed by atoms with Crippen LogP contribution >= 0.6 is 0 Å². The van der Waals surface area contributed by atoms with E-state index < -0.39 is 6.10 Å². The van der Waals surface area contributed by atoms with Gasteiger partial charge in [0, 0.05) is 17.7 Å². The molecule has 1 aliphatic rings. The lowest BCUT2D eigenvalue weighted by atomic mass is 9.94. The zero-order valence-electron chi connectivity index (χ0n) is 12.9. The summed E-state index contributed by atoms with van der Waals surface area (Å²) >= 11 is 0. The zero-order chi connectivity index (χ0) is 15.2. The van der Waals surface area contributed by atoms with Crippen LogP contribution in [0.5, 0.6) is 5.75 Å². The molecule has 0 aliphatic heterocycles. The summed E-state index contributed by atoms with van der Waals surface area (Å²) in [5, 5.41) is 13.4. The van der Waals surface area contributed by atoms with E-state index in [-0.39, 0.29) is 18.0 Å². The summed E-state index contributed by atoms with van der Waals surface area (Å²) in [5.41, 5.74) is 0.947. The highest BCUT2D eigenvalue weighted by atomic mass is 19.1. The monoisotopic (exact) mass is 295 g/mol. The predicted octanol–water partition coefficient (Wildman–Crippen LogP) is 3.57. The van der Waals surface area contributed by atoms with Crippen LogP contribution in [0.15, 0.2) is 18.2 Å². The minimum atomic E-state index is -0.450. The lowest BCUT2D eigenvalue weighted by Gasteiger charge is -2.30. The topological polar surface area (TPSA) is 41.5 Å². The molecule has 0 aromatic heterocycles. The average Bonchev–Trinajstić information content (AvgIpc) is 2.47. The predicted molar refractivity (Wildman–Crippen MR) is 82.0 cm³/mol. The van der Waals surface area contributed by atoms with Gasteiger partial charge >= 0.3 is 0 Å². The summed E-state index contributed by atoms with van der Waals surface area (Å²) in [5.74, 6) is 0.249. The van der Waals surface area contributed by atoms with E-state index in [2.05, 4.69) is 12.2 Å². The van der Waals surface area contributed by atoms with Crippen molar-refractivity contribution < 1.29 is 14.2 Å². The number of aliphatic hydroxyl groups is 1. The van der Waals surface area contributed by atoms with E-state index in [0.717, 1.165) is 44.2 Å². The maximum atomic E-state index is 13.6. The molecule has 0 heterocycles. The van der Waals surface area contributed by atoms with Gasteiger partial charge in [-0.15, -0.1) is 0 Å². The van der Waals surface area contributed by atoms with Gasteiger partial charge in [-0.25, -0.2) is 4.39 Å². The van der Waals surface area contributed by atoms with Gasteiger partial charge in [0.2, 0.25) is 0 Å². The first-order valence-electron chi connectivity index (χ1n) is 7.99. The smallest absolute Gasteiger partial charge is 0.127 e. The number of benzene rings is 1. The molecule has 3 nitrogen and oxygen atoms in total. The second-order valence-electron chi connectivity index (χ2n) is 5.87. The van der Waals surface area contributed by atoms with Crippen molar-refractivity contribution in [2.45, 2.75) is 64.2 Å². The second kappa shape index (κ2) is 7.76. The summed E-state index contributed by atoms with van der Waals surface area (Å²) in [6, 6.07) is 4.76. The fraction of sp³-hybridized carbons (Fsp3) is 0.647. The van der Waals surface area contributed by atoms with Crippen molar-refractivity contribution in [3.05, 3.63) is 29.6 Å². The van der Waals surface area contributed by atoms with E-state index in [0.29, 0.717) is 5.75 Å². The number of halogens is 1.